The maximum Gasteiger partial charge on any atom is 0.256 e. The second kappa shape index (κ2) is 10.4. The number of carbonyl (C=O) groups is 1. The smallest absolute Gasteiger partial charge is 0.256 e. The van der Waals surface area contributed by atoms with Crippen molar-refractivity contribution >= 4 is 11.9 Å². The van der Waals surface area contributed by atoms with Crippen LogP contribution in [0.2, 0.25) is 0 Å². The van der Waals surface area contributed by atoms with E-state index in [1.165, 1.54) is 12.7 Å². The fourth-order valence-corrected chi connectivity index (χ4v) is 4.15. The van der Waals surface area contributed by atoms with Gasteiger partial charge >= 0.3 is 0 Å². The second-order valence-electron chi connectivity index (χ2n) is 7.62. The molecule has 0 saturated heterocycles. The molecular formula is C23H28N6O2. The summed E-state index contributed by atoms with van der Waals surface area (Å²) in [5, 5.41) is 18.1. The van der Waals surface area contributed by atoms with Crippen LogP contribution in [0.15, 0.2) is 53.7 Å². The van der Waals surface area contributed by atoms with Gasteiger partial charge in [-0.3, -0.25) is 4.79 Å². The normalized spacial score (nSPS) is 20.9. The number of methoxy groups -OCH3 is 1. The van der Waals surface area contributed by atoms with Gasteiger partial charge in [0.05, 0.1) is 7.11 Å². The Kier molecular flexibility index (Phi) is 7.44. The number of nitriles is 1. The highest BCUT2D eigenvalue weighted by atomic mass is 16.5. The van der Waals surface area contributed by atoms with Gasteiger partial charge in [-0.1, -0.05) is 30.3 Å². The number of rotatable bonds is 6. The van der Waals surface area contributed by atoms with E-state index in [2.05, 4.69) is 38.1 Å². The summed E-state index contributed by atoms with van der Waals surface area (Å²) in [5.74, 6) is 0.605. The quantitative estimate of drug-likeness (QED) is 0.376. The summed E-state index contributed by atoms with van der Waals surface area (Å²) >= 11 is 0. The lowest BCUT2D eigenvalue weighted by atomic mass is 9.68. The van der Waals surface area contributed by atoms with Crippen LogP contribution in [0.3, 0.4) is 0 Å². The van der Waals surface area contributed by atoms with Crippen LogP contribution in [0.25, 0.3) is 0 Å². The molecule has 1 amide bonds. The van der Waals surface area contributed by atoms with E-state index >= 15 is 0 Å². The topological polar surface area (TPSA) is 111 Å². The van der Waals surface area contributed by atoms with E-state index in [0.29, 0.717) is 23.9 Å². The molecule has 3 rings (SSSR count). The fraction of sp³-hybridized carbons (Fsp3) is 0.391. The van der Waals surface area contributed by atoms with Gasteiger partial charge in [-0.25, -0.2) is 4.98 Å². The zero-order chi connectivity index (χ0) is 22.1. The minimum absolute atomic E-state index is 0.170. The SMILES string of the molecule is CN/C(=N\C#N)N[C@H]1CC[C@](CNC(=O)c2cccnc2OC)(c2ccccc2)CC1. The number of guanidine groups is 1. The van der Waals surface area contributed by atoms with Crippen LogP contribution in [0.4, 0.5) is 0 Å². The Balaban J connectivity index is 1.74. The van der Waals surface area contributed by atoms with E-state index in [0.717, 1.165) is 25.7 Å². The molecular weight excluding hydrogens is 392 g/mol. The Labute approximate surface area is 182 Å². The number of aromatic nitrogens is 1. The van der Waals surface area contributed by atoms with Gasteiger partial charge in [-0.2, -0.15) is 5.26 Å². The predicted molar refractivity (Wildman–Crippen MR) is 119 cm³/mol. The molecule has 0 atom stereocenters. The number of carbonyl (C=O) groups excluding carboxylic acids is 1. The highest BCUT2D eigenvalue weighted by Crippen LogP contribution is 2.39. The number of ether oxygens (including phenoxy) is 1. The van der Waals surface area contributed by atoms with Gasteiger partial charge in [-0.05, 0) is 43.4 Å². The number of benzene rings is 1. The summed E-state index contributed by atoms with van der Waals surface area (Å²) in [4.78, 5) is 20.7. The molecule has 8 nitrogen and oxygen atoms in total. The molecule has 1 heterocycles. The summed E-state index contributed by atoms with van der Waals surface area (Å²) in [6.45, 7) is 0.520. The molecule has 0 aliphatic heterocycles. The molecule has 1 aliphatic carbocycles. The average molecular weight is 421 g/mol. The van der Waals surface area contributed by atoms with Crippen LogP contribution in [0.1, 0.15) is 41.6 Å². The number of aliphatic imine (C=N–C) groups is 1. The maximum atomic E-state index is 12.9. The minimum atomic E-state index is -0.195. The Bertz CT molecular complexity index is 946. The van der Waals surface area contributed by atoms with E-state index in [1.807, 2.05) is 24.4 Å². The third-order valence-corrected chi connectivity index (χ3v) is 5.86. The Morgan fingerprint density at radius 1 is 1.26 bits per heavy atom. The third kappa shape index (κ3) is 5.31. The highest BCUT2D eigenvalue weighted by Gasteiger charge is 2.37. The lowest BCUT2D eigenvalue weighted by molar-refractivity contribution is 0.0931. The molecule has 31 heavy (non-hydrogen) atoms. The number of nitrogens with one attached hydrogen (secondary N) is 3. The van der Waals surface area contributed by atoms with Crippen molar-refractivity contribution in [1.29, 1.82) is 5.26 Å². The average Bonchev–Trinajstić information content (AvgIpc) is 2.83. The van der Waals surface area contributed by atoms with Crippen molar-refractivity contribution in [3.8, 4) is 12.1 Å². The van der Waals surface area contributed by atoms with E-state index in [-0.39, 0.29) is 17.4 Å². The van der Waals surface area contributed by atoms with Crippen molar-refractivity contribution in [2.75, 3.05) is 20.7 Å². The van der Waals surface area contributed by atoms with E-state index < -0.39 is 0 Å². The largest absolute Gasteiger partial charge is 0.480 e. The fourth-order valence-electron chi connectivity index (χ4n) is 4.15. The van der Waals surface area contributed by atoms with E-state index in [9.17, 15) is 4.79 Å². The van der Waals surface area contributed by atoms with Crippen LogP contribution in [-0.2, 0) is 5.41 Å². The van der Waals surface area contributed by atoms with E-state index in [4.69, 9.17) is 10.00 Å². The zero-order valence-corrected chi connectivity index (χ0v) is 17.9. The molecule has 1 fully saturated rings. The number of hydrogen-bond acceptors (Lipinski definition) is 5. The summed E-state index contributed by atoms with van der Waals surface area (Å²) in [5.41, 5.74) is 1.47. The second-order valence-corrected chi connectivity index (χ2v) is 7.62. The van der Waals surface area contributed by atoms with Gasteiger partial charge in [0.2, 0.25) is 18.0 Å². The minimum Gasteiger partial charge on any atom is -0.480 e. The Hall–Kier alpha value is -3.60. The summed E-state index contributed by atoms with van der Waals surface area (Å²) in [7, 11) is 3.25. The molecule has 1 aromatic heterocycles. The van der Waals surface area contributed by atoms with Gasteiger partial charge < -0.3 is 20.7 Å². The van der Waals surface area contributed by atoms with Crippen molar-refractivity contribution in [1.82, 2.24) is 20.9 Å². The molecule has 8 heteroatoms. The van der Waals surface area contributed by atoms with Crippen LogP contribution >= 0.6 is 0 Å². The van der Waals surface area contributed by atoms with Crippen molar-refractivity contribution in [3.05, 3.63) is 59.8 Å². The number of nitrogens with zero attached hydrogens (tertiary/aromatic N) is 3. The maximum absolute atomic E-state index is 12.9. The van der Waals surface area contributed by atoms with Crippen molar-refractivity contribution < 1.29 is 9.53 Å². The molecule has 0 unspecified atom stereocenters. The monoisotopic (exact) mass is 420 g/mol. The number of amides is 1. The van der Waals surface area contributed by atoms with Gasteiger partial charge in [0.1, 0.15) is 5.56 Å². The molecule has 0 radical (unpaired) electrons. The molecule has 0 spiro atoms. The highest BCUT2D eigenvalue weighted by molar-refractivity contribution is 5.96. The summed E-state index contributed by atoms with van der Waals surface area (Å²) < 4.78 is 5.23. The first kappa shape index (κ1) is 22.1. The number of hydrogen-bond donors (Lipinski definition) is 3. The molecule has 1 aromatic carbocycles. The number of pyridine rings is 1. The first-order valence-corrected chi connectivity index (χ1v) is 10.4. The van der Waals surface area contributed by atoms with Crippen LogP contribution < -0.4 is 20.7 Å². The lowest BCUT2D eigenvalue weighted by Crippen LogP contribution is -2.49. The summed E-state index contributed by atoms with van der Waals surface area (Å²) in [6, 6.07) is 14.0. The van der Waals surface area contributed by atoms with Crippen molar-refractivity contribution in [3.63, 3.8) is 0 Å². The first-order chi connectivity index (χ1) is 15.1. The molecule has 0 bridgehead atoms. The molecule has 1 saturated carbocycles. The lowest BCUT2D eigenvalue weighted by Gasteiger charge is -2.41. The molecule has 2 aromatic rings. The van der Waals surface area contributed by atoms with Crippen molar-refractivity contribution in [2.45, 2.75) is 37.1 Å². The van der Waals surface area contributed by atoms with Gasteiger partial charge in [-0.15, -0.1) is 4.99 Å². The van der Waals surface area contributed by atoms with E-state index in [1.54, 1.807) is 25.4 Å². The van der Waals surface area contributed by atoms with Crippen LogP contribution in [-0.4, -0.2) is 43.6 Å². The molecule has 162 valence electrons. The first-order valence-electron chi connectivity index (χ1n) is 10.4. The van der Waals surface area contributed by atoms with Gasteiger partial charge in [0.15, 0.2) is 0 Å². The van der Waals surface area contributed by atoms with Crippen molar-refractivity contribution in [2.24, 2.45) is 4.99 Å². The summed E-state index contributed by atoms with van der Waals surface area (Å²) in [6.07, 6.45) is 6.98. The molecule has 3 N–H and O–H groups in total. The van der Waals surface area contributed by atoms with Gasteiger partial charge in [0, 0.05) is 31.2 Å². The standard InChI is InChI=1S/C23H28N6O2/c1-25-22(28-16-24)29-18-10-12-23(13-11-18,17-7-4-3-5-8-17)15-27-20(30)19-9-6-14-26-21(19)31-2/h3-9,14,18H,10-13,15H2,1-2H3,(H,27,30)(H2,25,28,29)/t18-,23-. The van der Waals surface area contributed by atoms with Crippen LogP contribution in [0, 0.1) is 11.5 Å². The zero-order valence-electron chi connectivity index (χ0n) is 17.9. The molecule has 1 aliphatic rings. The van der Waals surface area contributed by atoms with Gasteiger partial charge in [0.25, 0.3) is 5.91 Å². The third-order valence-electron chi connectivity index (χ3n) is 5.86. The Morgan fingerprint density at radius 2 is 2.00 bits per heavy atom. The predicted octanol–water partition coefficient (Wildman–Crippen LogP) is 2.35. The van der Waals surface area contributed by atoms with Crippen LogP contribution in [0.5, 0.6) is 5.88 Å². The Morgan fingerprint density at radius 3 is 2.65 bits per heavy atom.